The number of hydrogen-bond acceptors (Lipinski definition) is 5. The zero-order valence-electron chi connectivity index (χ0n) is 16.4. The van der Waals surface area contributed by atoms with Gasteiger partial charge in [-0.3, -0.25) is 24.4 Å². The van der Waals surface area contributed by atoms with Crippen LogP contribution in [0.4, 0.5) is 0 Å². The number of carbonyl (C=O) groups excluding carboxylic acids is 3. The Morgan fingerprint density at radius 1 is 1.03 bits per heavy atom. The number of rotatable bonds is 4. The molecule has 0 spiro atoms. The summed E-state index contributed by atoms with van der Waals surface area (Å²) in [7, 11) is 1.87. The molecule has 3 amide bonds. The number of para-hydroxylation sites is 1. The molecule has 0 aliphatic carbocycles. The molecule has 8 nitrogen and oxygen atoms in total. The molecule has 152 valence electrons. The van der Waals surface area contributed by atoms with Crippen LogP contribution < -0.4 is 5.32 Å². The zero-order chi connectivity index (χ0) is 20.8. The van der Waals surface area contributed by atoms with Crippen LogP contribution >= 0.6 is 0 Å². The zero-order valence-corrected chi connectivity index (χ0v) is 16.4. The van der Waals surface area contributed by atoms with Crippen molar-refractivity contribution in [3.8, 4) is 0 Å². The van der Waals surface area contributed by atoms with Gasteiger partial charge < -0.3 is 9.64 Å². The van der Waals surface area contributed by atoms with Crippen LogP contribution in [-0.2, 0) is 28.0 Å². The summed E-state index contributed by atoms with van der Waals surface area (Å²) in [5, 5.41) is 7.84. The summed E-state index contributed by atoms with van der Waals surface area (Å²) < 4.78 is 8.03. The Morgan fingerprint density at radius 2 is 1.73 bits per heavy atom. The number of ether oxygens (including phenoxy) is 1. The summed E-state index contributed by atoms with van der Waals surface area (Å²) in [4.78, 5) is 38.5. The second kappa shape index (κ2) is 7.07. The summed E-state index contributed by atoms with van der Waals surface area (Å²) >= 11 is 0. The van der Waals surface area contributed by atoms with Crippen molar-refractivity contribution in [2.45, 2.75) is 31.7 Å². The lowest BCUT2D eigenvalue weighted by atomic mass is 10.0. The van der Waals surface area contributed by atoms with Gasteiger partial charge in [-0.05, 0) is 12.1 Å². The van der Waals surface area contributed by atoms with E-state index < -0.39 is 12.3 Å². The molecule has 2 aliphatic rings. The van der Waals surface area contributed by atoms with Gasteiger partial charge in [-0.1, -0.05) is 36.4 Å². The maximum atomic E-state index is 13.1. The third-order valence-corrected chi connectivity index (χ3v) is 5.67. The predicted molar refractivity (Wildman–Crippen MR) is 107 cm³/mol. The maximum absolute atomic E-state index is 13.1. The molecule has 1 N–H and O–H groups in total. The third-order valence-electron chi connectivity index (χ3n) is 5.67. The van der Waals surface area contributed by atoms with Gasteiger partial charge in [0.25, 0.3) is 5.91 Å². The number of fused-ring (bicyclic) bond motifs is 2. The monoisotopic (exact) mass is 404 g/mol. The van der Waals surface area contributed by atoms with E-state index in [4.69, 9.17) is 4.74 Å². The Balaban J connectivity index is 1.48. The molecule has 1 unspecified atom stereocenters. The minimum atomic E-state index is -0.682. The molecule has 30 heavy (non-hydrogen) atoms. The van der Waals surface area contributed by atoms with Crippen molar-refractivity contribution in [1.82, 2.24) is 20.0 Å². The van der Waals surface area contributed by atoms with Crippen molar-refractivity contribution in [3.05, 3.63) is 65.4 Å². The first-order valence-electron chi connectivity index (χ1n) is 9.79. The normalized spacial score (nSPS) is 19.4. The van der Waals surface area contributed by atoms with Gasteiger partial charge in [-0.15, -0.1) is 0 Å². The van der Waals surface area contributed by atoms with Crippen molar-refractivity contribution in [3.63, 3.8) is 0 Å². The number of piperidine rings is 1. The minimum absolute atomic E-state index is 0.0673. The van der Waals surface area contributed by atoms with E-state index in [1.54, 1.807) is 16.8 Å². The Hall–Kier alpha value is -3.52. The van der Waals surface area contributed by atoms with Crippen molar-refractivity contribution in [2.24, 2.45) is 7.05 Å². The quantitative estimate of drug-likeness (QED) is 0.672. The molecule has 5 rings (SSSR count). The molecule has 2 aromatic carbocycles. The van der Waals surface area contributed by atoms with Crippen LogP contribution in [-0.4, -0.2) is 38.4 Å². The van der Waals surface area contributed by atoms with Crippen LogP contribution in [0.3, 0.4) is 0 Å². The second-order valence-electron chi connectivity index (χ2n) is 7.58. The average Bonchev–Trinajstić information content (AvgIpc) is 3.20. The summed E-state index contributed by atoms with van der Waals surface area (Å²) in [6.07, 6.45) is -0.548. The Kier molecular flexibility index (Phi) is 4.36. The van der Waals surface area contributed by atoms with E-state index in [9.17, 15) is 14.4 Å². The number of nitrogens with one attached hydrogen (secondary N) is 1. The van der Waals surface area contributed by atoms with Crippen LogP contribution in [0.1, 0.15) is 40.7 Å². The summed E-state index contributed by atoms with van der Waals surface area (Å²) in [6, 6.07) is 14.6. The minimum Gasteiger partial charge on any atom is -0.348 e. The fraction of sp³-hybridized carbons (Fsp3) is 0.273. The van der Waals surface area contributed by atoms with Gasteiger partial charge in [0, 0.05) is 36.4 Å². The molecule has 2 aliphatic heterocycles. The van der Waals surface area contributed by atoms with Crippen molar-refractivity contribution in [2.75, 3.05) is 0 Å². The van der Waals surface area contributed by atoms with Gasteiger partial charge in [0.1, 0.15) is 0 Å². The van der Waals surface area contributed by atoms with E-state index in [1.807, 2.05) is 43.4 Å². The highest BCUT2D eigenvalue weighted by Gasteiger charge is 2.44. The van der Waals surface area contributed by atoms with Crippen LogP contribution in [0.15, 0.2) is 48.5 Å². The summed E-state index contributed by atoms with van der Waals surface area (Å²) in [5.41, 5.74) is 3.03. The lowest BCUT2D eigenvalue weighted by Gasteiger charge is -2.34. The first-order chi connectivity index (χ1) is 14.5. The maximum Gasteiger partial charge on any atom is 0.256 e. The molecule has 1 aromatic heterocycles. The largest absolute Gasteiger partial charge is 0.348 e. The van der Waals surface area contributed by atoms with E-state index in [2.05, 4.69) is 10.4 Å². The molecule has 1 saturated heterocycles. The number of aryl methyl sites for hydroxylation is 1. The van der Waals surface area contributed by atoms with Gasteiger partial charge in [-0.2, -0.15) is 5.10 Å². The predicted octanol–water partition coefficient (Wildman–Crippen LogP) is 2.05. The Morgan fingerprint density at radius 3 is 2.53 bits per heavy atom. The molecule has 0 saturated carbocycles. The second-order valence-corrected chi connectivity index (χ2v) is 7.58. The molecule has 8 heteroatoms. The average molecular weight is 404 g/mol. The highest BCUT2D eigenvalue weighted by atomic mass is 16.5. The van der Waals surface area contributed by atoms with Crippen molar-refractivity contribution < 1.29 is 19.1 Å². The molecule has 1 fully saturated rings. The molecular formula is C22H20N4O4. The topological polar surface area (TPSA) is 93.5 Å². The molecule has 0 bridgehead atoms. The lowest BCUT2D eigenvalue weighted by molar-refractivity contribution is -0.137. The standard InChI is InChI=1S/C22H20N4O4/c1-25-18-9-5-4-8-16(18)17(24-25)12-30-22-15-7-3-2-6-14(15)21(29)26(22)13-10-19(27)23-20(28)11-13/h2-9,13,22H,10-12H2,1H3,(H,23,27,28). The van der Waals surface area contributed by atoms with Gasteiger partial charge in [0.2, 0.25) is 11.8 Å². The van der Waals surface area contributed by atoms with Crippen molar-refractivity contribution >= 4 is 28.6 Å². The molecular weight excluding hydrogens is 384 g/mol. The number of amides is 3. The fourth-order valence-electron chi connectivity index (χ4n) is 4.34. The molecule has 0 radical (unpaired) electrons. The van der Waals surface area contributed by atoms with Crippen molar-refractivity contribution in [1.29, 1.82) is 0 Å². The van der Waals surface area contributed by atoms with Crippen LogP contribution in [0.25, 0.3) is 10.9 Å². The highest BCUT2D eigenvalue weighted by Crippen LogP contribution is 2.38. The number of benzene rings is 2. The van der Waals surface area contributed by atoms with Crippen LogP contribution in [0.5, 0.6) is 0 Å². The van der Waals surface area contributed by atoms with Crippen LogP contribution in [0.2, 0.25) is 0 Å². The Bertz CT molecular complexity index is 1170. The SMILES string of the molecule is Cn1nc(COC2c3ccccc3C(=O)N2C2CC(=O)NC(=O)C2)c2ccccc21. The third kappa shape index (κ3) is 2.96. The van der Waals surface area contributed by atoms with Crippen LogP contribution in [0, 0.1) is 0 Å². The van der Waals surface area contributed by atoms with Gasteiger partial charge in [0.15, 0.2) is 6.23 Å². The number of nitrogens with zero attached hydrogens (tertiary/aromatic N) is 3. The summed E-state index contributed by atoms with van der Waals surface area (Å²) in [5.74, 6) is -0.988. The summed E-state index contributed by atoms with van der Waals surface area (Å²) in [6.45, 7) is 0.191. The number of hydrogen-bond donors (Lipinski definition) is 1. The van der Waals surface area contributed by atoms with Gasteiger partial charge in [0.05, 0.1) is 23.9 Å². The lowest BCUT2D eigenvalue weighted by Crippen LogP contribution is -2.50. The van der Waals surface area contributed by atoms with Gasteiger partial charge in [-0.25, -0.2) is 0 Å². The molecule has 1 atom stereocenters. The highest BCUT2D eigenvalue weighted by molar-refractivity contribution is 6.02. The number of imide groups is 1. The van der Waals surface area contributed by atoms with E-state index in [0.29, 0.717) is 5.56 Å². The fourth-order valence-corrected chi connectivity index (χ4v) is 4.34. The number of carbonyl (C=O) groups is 3. The molecule has 3 heterocycles. The molecule has 3 aromatic rings. The van der Waals surface area contributed by atoms with E-state index >= 15 is 0 Å². The smallest absolute Gasteiger partial charge is 0.256 e. The first-order valence-corrected chi connectivity index (χ1v) is 9.79. The van der Waals surface area contributed by atoms with E-state index in [-0.39, 0.29) is 37.2 Å². The number of aromatic nitrogens is 2. The van der Waals surface area contributed by atoms with Gasteiger partial charge >= 0.3 is 0 Å². The van der Waals surface area contributed by atoms with E-state index in [0.717, 1.165) is 22.2 Å². The Labute approximate surface area is 172 Å². The first kappa shape index (κ1) is 18.5. The van der Waals surface area contributed by atoms with E-state index in [1.165, 1.54) is 4.90 Å².